The van der Waals surface area contributed by atoms with Crippen molar-refractivity contribution in [2.75, 3.05) is 39.7 Å². The lowest BCUT2D eigenvalue weighted by molar-refractivity contribution is 0.991. The largest absolute Gasteiger partial charge is 0.399 e. The van der Waals surface area contributed by atoms with Gasteiger partial charge >= 0.3 is 0 Å². The van der Waals surface area contributed by atoms with Crippen LogP contribution in [0.1, 0.15) is 89.0 Å². The Hall–Kier alpha value is -11.4. The number of nitrogens with one attached hydrogen (secondary N) is 1. The van der Waals surface area contributed by atoms with Crippen LogP contribution in [0.4, 0.5) is 45.5 Å². The smallest absolute Gasteiger partial charge is 0.0711 e. The fourth-order valence-corrected chi connectivity index (χ4v) is 12.8. The molecule has 0 radical (unpaired) electrons. The van der Waals surface area contributed by atoms with Crippen LogP contribution >= 0.6 is 0 Å². The number of pyridine rings is 2. The first kappa shape index (κ1) is 57.3. The van der Waals surface area contributed by atoms with Gasteiger partial charge in [0, 0.05) is 67.0 Å². The van der Waals surface area contributed by atoms with Crippen LogP contribution in [-0.2, 0) is 51.4 Å². The summed E-state index contributed by atoms with van der Waals surface area (Å²) in [5, 5.41) is 7.77. The Balaban J connectivity index is 0.000000159. The van der Waals surface area contributed by atoms with Crippen LogP contribution in [0.25, 0.3) is 43.6 Å². The molecular weight excluding hydrogens is 1110 g/mol. The molecule has 2 heterocycles. The van der Waals surface area contributed by atoms with Crippen molar-refractivity contribution in [3.05, 3.63) is 344 Å². The van der Waals surface area contributed by atoms with E-state index in [9.17, 15) is 0 Å². The lowest BCUT2D eigenvalue weighted by Gasteiger charge is -2.21. The van der Waals surface area contributed by atoms with E-state index in [1.165, 1.54) is 77.9 Å². The maximum atomic E-state index is 6.47. The first-order valence-electron chi connectivity index (χ1n) is 31.1. The summed E-state index contributed by atoms with van der Waals surface area (Å²) in [6.45, 7) is 0. The van der Waals surface area contributed by atoms with Gasteiger partial charge in [-0.15, -0.1) is 0 Å². The number of benzene rings is 12. The molecule has 0 fully saturated rings. The monoisotopic (exact) mass is 1180 g/mol. The van der Waals surface area contributed by atoms with Crippen molar-refractivity contribution in [1.82, 2.24) is 9.97 Å². The van der Waals surface area contributed by atoms with Gasteiger partial charge in [0.05, 0.1) is 22.1 Å². The summed E-state index contributed by atoms with van der Waals surface area (Å²) >= 11 is 0. The molecule has 0 amide bonds. The van der Waals surface area contributed by atoms with Gasteiger partial charge in [-0.3, -0.25) is 0 Å². The first-order chi connectivity index (χ1) is 44.3. The molecule has 0 bridgehead atoms. The van der Waals surface area contributed by atoms with Crippen molar-refractivity contribution >= 4 is 89.1 Å². The molecule has 0 spiro atoms. The number of rotatable bonds is 14. The quantitative estimate of drug-likeness (QED) is 0.0410. The van der Waals surface area contributed by atoms with Crippen LogP contribution < -0.4 is 39.7 Å². The molecule has 0 unspecified atom stereocenters. The Morgan fingerprint density at radius 2 is 0.549 bits per heavy atom. The SMILES string of the molecule is Nc1ccc(Nc2ccc(Cc3cc(Cc4ccc(Cc5ccc6nc7ccc(N)cc7cc6c5)cc4)ccc3N)cc2)cc1.Nc1ccc2c(c1)Cc1cc(Cc3ccc(Cc4ccc(N)c(Cc5ccc6nc7ccc(N)cc7cc6c5)c4)cc3)ccc1C2. The maximum Gasteiger partial charge on any atom is 0.0711 e. The van der Waals surface area contributed by atoms with E-state index in [1.807, 2.05) is 78.9 Å². The highest BCUT2D eigenvalue weighted by atomic mass is 14.9. The van der Waals surface area contributed by atoms with Gasteiger partial charge in [0.1, 0.15) is 0 Å². The Kier molecular flexibility index (Phi) is 15.7. The molecule has 0 aliphatic heterocycles. The van der Waals surface area contributed by atoms with E-state index in [4.69, 9.17) is 44.4 Å². The molecule has 14 aromatic rings. The van der Waals surface area contributed by atoms with Crippen molar-refractivity contribution in [2.24, 2.45) is 0 Å². The molecule has 9 nitrogen and oxygen atoms in total. The summed E-state index contributed by atoms with van der Waals surface area (Å²) in [5.74, 6) is 0. The zero-order valence-corrected chi connectivity index (χ0v) is 50.8. The molecule has 13 N–H and O–H groups in total. The van der Waals surface area contributed by atoms with Crippen LogP contribution in [-0.4, -0.2) is 9.97 Å². The average molecular weight is 1180 g/mol. The van der Waals surface area contributed by atoms with Crippen molar-refractivity contribution in [2.45, 2.75) is 51.4 Å². The molecule has 15 rings (SSSR count). The molecule has 1 aliphatic carbocycles. The molecule has 0 saturated heterocycles. The predicted octanol–water partition coefficient (Wildman–Crippen LogP) is 17.1. The van der Waals surface area contributed by atoms with Crippen LogP contribution in [0.5, 0.6) is 0 Å². The van der Waals surface area contributed by atoms with Crippen molar-refractivity contribution in [3.8, 4) is 0 Å². The fourth-order valence-electron chi connectivity index (χ4n) is 12.8. The van der Waals surface area contributed by atoms with Crippen LogP contribution in [0.15, 0.2) is 255 Å². The molecule has 0 atom stereocenters. The Bertz CT molecular complexity index is 5020. The lowest BCUT2D eigenvalue weighted by atomic mass is 9.84. The minimum absolute atomic E-state index is 0.747. The second kappa shape index (κ2) is 25.0. The van der Waals surface area contributed by atoms with E-state index >= 15 is 0 Å². The predicted molar refractivity (Wildman–Crippen MR) is 382 cm³/mol. The number of hydrogen-bond donors (Lipinski definition) is 7. The first-order valence-corrected chi connectivity index (χ1v) is 31.1. The molecule has 12 aromatic carbocycles. The third kappa shape index (κ3) is 13.5. The molecule has 444 valence electrons. The second-order valence-electron chi connectivity index (χ2n) is 24.6. The number of nitrogens with two attached hydrogens (primary N) is 6. The van der Waals surface area contributed by atoms with Crippen molar-refractivity contribution in [3.63, 3.8) is 0 Å². The molecule has 1 aliphatic rings. The Labute approximate surface area is 531 Å². The third-order valence-corrected chi connectivity index (χ3v) is 17.7. The summed E-state index contributed by atoms with van der Waals surface area (Å²) in [6.07, 6.45) is 7.00. The highest BCUT2D eigenvalue weighted by Gasteiger charge is 2.17. The highest BCUT2D eigenvalue weighted by molar-refractivity contribution is 5.95. The van der Waals surface area contributed by atoms with Gasteiger partial charge in [0.25, 0.3) is 0 Å². The summed E-state index contributed by atoms with van der Waals surface area (Å²) < 4.78 is 0. The highest BCUT2D eigenvalue weighted by Crippen LogP contribution is 2.32. The number of aromatic nitrogens is 2. The Morgan fingerprint density at radius 3 is 1.05 bits per heavy atom. The van der Waals surface area contributed by atoms with Gasteiger partial charge in [-0.05, 0) is 274 Å². The number of nitrogens with zero attached hydrogens (tertiary/aromatic N) is 2. The maximum absolute atomic E-state index is 6.47. The molecule has 9 heteroatoms. The van der Waals surface area contributed by atoms with Crippen LogP contribution in [0, 0.1) is 0 Å². The molecule has 91 heavy (non-hydrogen) atoms. The summed E-state index contributed by atoms with van der Waals surface area (Å²) in [7, 11) is 0. The Morgan fingerprint density at radius 1 is 0.242 bits per heavy atom. The van der Waals surface area contributed by atoms with Gasteiger partial charge in [-0.1, -0.05) is 121 Å². The van der Waals surface area contributed by atoms with Gasteiger partial charge in [0.2, 0.25) is 0 Å². The van der Waals surface area contributed by atoms with Crippen LogP contribution in [0.2, 0.25) is 0 Å². The minimum atomic E-state index is 0.747. The second-order valence-corrected chi connectivity index (χ2v) is 24.6. The van der Waals surface area contributed by atoms with Gasteiger partial charge in [-0.25, -0.2) is 9.97 Å². The van der Waals surface area contributed by atoms with Crippen LogP contribution in [0.3, 0.4) is 0 Å². The van der Waals surface area contributed by atoms with Crippen molar-refractivity contribution in [1.29, 1.82) is 0 Å². The summed E-state index contributed by atoms with van der Waals surface area (Å²) in [5.41, 5.74) is 68.0. The van der Waals surface area contributed by atoms with E-state index in [-0.39, 0.29) is 0 Å². The average Bonchev–Trinajstić information content (AvgIpc) is 1.37. The number of nitrogen functional groups attached to an aromatic ring is 6. The van der Waals surface area contributed by atoms with Gasteiger partial charge in [0.15, 0.2) is 0 Å². The van der Waals surface area contributed by atoms with E-state index in [0.717, 1.165) is 152 Å². The molecular formula is C82H71N9. The number of hydrogen-bond acceptors (Lipinski definition) is 9. The summed E-state index contributed by atoms with van der Waals surface area (Å²) in [6, 6.07) is 89.4. The number of fused-ring (bicyclic) bond motifs is 6. The van der Waals surface area contributed by atoms with Gasteiger partial charge in [-0.2, -0.15) is 0 Å². The zero-order valence-electron chi connectivity index (χ0n) is 50.8. The topological polar surface area (TPSA) is 194 Å². The third-order valence-electron chi connectivity index (χ3n) is 17.7. The van der Waals surface area contributed by atoms with Crippen molar-refractivity contribution < 1.29 is 0 Å². The lowest BCUT2D eigenvalue weighted by Crippen LogP contribution is -2.08. The fraction of sp³-hybridized carbons (Fsp3) is 0.0976. The molecule has 2 aromatic heterocycles. The van der Waals surface area contributed by atoms with E-state index in [0.29, 0.717) is 0 Å². The number of anilines is 8. The van der Waals surface area contributed by atoms with E-state index in [1.54, 1.807) is 0 Å². The van der Waals surface area contributed by atoms with Gasteiger partial charge < -0.3 is 39.7 Å². The van der Waals surface area contributed by atoms with E-state index < -0.39 is 0 Å². The summed E-state index contributed by atoms with van der Waals surface area (Å²) in [4.78, 5) is 9.62. The standard InChI is InChI=1S/C42H36N4.C40H35N5/c43-38-10-9-32-21-31-8-5-28(17-33(31)22-34(32)24-38)15-26-1-3-27(4-2-26)16-29-6-12-40(45)35(18-29)19-30-7-13-41-36(20-30)23-37-25-39(44)11-14-42(37)46-41;41-34-9-14-37(15-10-34)44-36-12-5-28(6-13-36)21-31-22-29(7-16-38(31)43)19-26-1-3-27(4-2-26)20-30-8-17-39-32(23-30)24-33-25-35(42)11-18-40(33)45-39/h1-14,17-18,20,23-25H,15-16,19,21-22,43-45H2;1-18,22-25,44H,19-21,41-43H2. The minimum Gasteiger partial charge on any atom is -0.399 e. The van der Waals surface area contributed by atoms with E-state index in [2.05, 4.69) is 181 Å². The molecule has 0 saturated carbocycles. The zero-order chi connectivity index (χ0) is 62.0. The normalized spacial score (nSPS) is 11.7.